The summed E-state index contributed by atoms with van der Waals surface area (Å²) in [5, 5.41) is 14.8. The summed E-state index contributed by atoms with van der Waals surface area (Å²) >= 11 is 0. The lowest BCUT2D eigenvalue weighted by atomic mass is 10.0. The van der Waals surface area contributed by atoms with Crippen molar-refractivity contribution < 1.29 is 28.7 Å². The fraction of sp³-hybridized carbons (Fsp3) is 0.586. The molecule has 0 fully saturated rings. The summed E-state index contributed by atoms with van der Waals surface area (Å²) in [6.45, 7) is 10.9. The van der Waals surface area contributed by atoms with E-state index >= 15 is 0 Å². The number of alkyl carbamates (subject to hydrolysis) is 1. The lowest BCUT2D eigenvalue weighted by Gasteiger charge is -2.25. The zero-order valence-electron chi connectivity index (χ0n) is 25.5. The van der Waals surface area contributed by atoms with Crippen LogP contribution in [0.3, 0.4) is 0 Å². The van der Waals surface area contributed by atoms with Crippen molar-refractivity contribution in [3.8, 4) is 0 Å². The molecule has 0 aromatic heterocycles. The quantitative estimate of drug-likeness (QED) is 0.0971. The number of benzene rings is 1. The fourth-order valence-electron chi connectivity index (χ4n) is 3.93. The largest absolute Gasteiger partial charge is 0.444 e. The van der Waals surface area contributed by atoms with Crippen molar-refractivity contribution in [2.75, 3.05) is 6.54 Å². The van der Waals surface area contributed by atoms with Gasteiger partial charge in [-0.15, -0.1) is 0 Å². The van der Waals surface area contributed by atoms with Crippen molar-refractivity contribution in [3.63, 3.8) is 0 Å². The first-order valence-electron chi connectivity index (χ1n) is 14.1. The molecule has 0 saturated carbocycles. The predicted molar refractivity (Wildman–Crippen MR) is 160 cm³/mol. The van der Waals surface area contributed by atoms with Crippen molar-refractivity contribution in [2.45, 2.75) is 97.4 Å². The second-order valence-electron chi connectivity index (χ2n) is 11.4. The molecule has 1 aromatic rings. The maximum Gasteiger partial charge on any atom is 0.407 e. The van der Waals surface area contributed by atoms with Gasteiger partial charge in [-0.1, -0.05) is 44.2 Å². The zero-order valence-corrected chi connectivity index (χ0v) is 25.5. The zero-order chi connectivity index (χ0) is 31.7. The summed E-state index contributed by atoms with van der Waals surface area (Å²) in [6, 6.07) is 5.97. The third kappa shape index (κ3) is 16.8. The predicted octanol–water partition coefficient (Wildman–Crippen LogP) is 2.10. The first-order chi connectivity index (χ1) is 19.7. The number of nitrogens with zero attached hydrogens (tertiary/aromatic N) is 1. The van der Waals surface area contributed by atoms with Crippen LogP contribution in [0.25, 0.3) is 0 Å². The van der Waals surface area contributed by atoms with Crippen LogP contribution in [0.2, 0.25) is 0 Å². The molecule has 0 aliphatic rings. The number of rotatable bonds is 16. The molecule has 13 heteroatoms. The Morgan fingerprint density at radius 2 is 1.60 bits per heavy atom. The van der Waals surface area contributed by atoms with Crippen LogP contribution in [0.15, 0.2) is 35.4 Å². The average Bonchev–Trinajstić information content (AvgIpc) is 2.86. The number of unbranched alkanes of at least 4 members (excludes halogenated alkanes) is 1. The molecule has 1 aromatic carbocycles. The Morgan fingerprint density at radius 3 is 2.17 bits per heavy atom. The van der Waals surface area contributed by atoms with E-state index in [1.54, 1.807) is 20.8 Å². The molecule has 0 aliphatic carbocycles. The molecular weight excluding hydrogens is 542 g/mol. The van der Waals surface area contributed by atoms with Gasteiger partial charge in [0.05, 0.1) is 6.04 Å². The van der Waals surface area contributed by atoms with Crippen LogP contribution in [-0.2, 0) is 25.5 Å². The average molecular weight is 590 g/mol. The summed E-state index contributed by atoms with van der Waals surface area (Å²) < 4.78 is 5.22. The second kappa shape index (κ2) is 18.3. The van der Waals surface area contributed by atoms with Gasteiger partial charge in [-0.2, -0.15) is 5.10 Å². The van der Waals surface area contributed by atoms with Crippen LogP contribution in [0.5, 0.6) is 0 Å². The van der Waals surface area contributed by atoms with E-state index in [-0.39, 0.29) is 18.2 Å². The highest BCUT2D eigenvalue weighted by atomic mass is 16.6. The topological polar surface area (TPSA) is 193 Å². The monoisotopic (exact) mass is 589 g/mol. The normalized spacial score (nSPS) is 13.5. The molecule has 3 atom stereocenters. The molecule has 7 N–H and O–H groups in total. The van der Waals surface area contributed by atoms with Crippen LogP contribution in [0.4, 0.5) is 9.59 Å². The van der Waals surface area contributed by atoms with Gasteiger partial charge in [0.2, 0.25) is 17.7 Å². The van der Waals surface area contributed by atoms with Crippen LogP contribution < -0.4 is 32.4 Å². The Labute approximate surface area is 248 Å². The smallest absolute Gasteiger partial charge is 0.407 e. The molecular formula is C29H47N7O6. The Hall–Kier alpha value is -4.16. The first kappa shape index (κ1) is 35.9. The highest BCUT2D eigenvalue weighted by molar-refractivity contribution is 5.93. The standard InChI is InChI=1S/C29H47N7O6/c1-19(2)16-23(33-20(3)37)26(39)35-24(17-21-12-8-7-9-13-21)25(38)34-22(18-32-36-27(30)40)14-10-11-15-31-28(41)42-29(4,5)6/h7-9,12-13,18-19,22-24H,10-11,14-17H2,1-6H3,(H,31,41)(H,33,37)(H,34,38)(H,35,39)(H3,30,36,40)/b32-18+/t22-,23-,24-/m0/s1. The number of nitrogens with one attached hydrogen (secondary N) is 5. The fourth-order valence-corrected chi connectivity index (χ4v) is 3.93. The van der Waals surface area contributed by atoms with Gasteiger partial charge >= 0.3 is 12.1 Å². The molecule has 42 heavy (non-hydrogen) atoms. The number of amides is 6. The van der Waals surface area contributed by atoms with Crippen LogP contribution in [0.1, 0.15) is 72.8 Å². The molecule has 0 heterocycles. The van der Waals surface area contributed by atoms with Gasteiger partial charge in [-0.05, 0) is 57.9 Å². The Kier molecular flexibility index (Phi) is 15.6. The Balaban J connectivity index is 2.99. The number of carbonyl (C=O) groups excluding carboxylic acids is 5. The van der Waals surface area contributed by atoms with Crippen LogP contribution in [0, 0.1) is 5.92 Å². The molecule has 13 nitrogen and oxygen atoms in total. The highest BCUT2D eigenvalue weighted by Crippen LogP contribution is 2.10. The van der Waals surface area contributed by atoms with Crippen LogP contribution in [-0.4, -0.2) is 66.3 Å². The Morgan fingerprint density at radius 1 is 0.952 bits per heavy atom. The Bertz CT molecular complexity index is 1060. The molecule has 0 bridgehead atoms. The number of primary amides is 1. The summed E-state index contributed by atoms with van der Waals surface area (Å²) in [5.41, 5.74) is 7.43. The summed E-state index contributed by atoms with van der Waals surface area (Å²) in [4.78, 5) is 61.4. The van der Waals surface area contributed by atoms with E-state index in [4.69, 9.17) is 10.5 Å². The third-order valence-corrected chi connectivity index (χ3v) is 5.68. The minimum absolute atomic E-state index is 0.122. The molecule has 1 rings (SSSR count). The number of ether oxygens (including phenoxy) is 1. The van der Waals surface area contributed by atoms with Gasteiger partial charge in [0, 0.05) is 26.1 Å². The molecule has 0 saturated heterocycles. The van der Waals surface area contributed by atoms with Crippen molar-refractivity contribution in [1.82, 2.24) is 26.7 Å². The molecule has 0 aliphatic heterocycles. The van der Waals surface area contributed by atoms with Crippen molar-refractivity contribution in [1.29, 1.82) is 0 Å². The van der Waals surface area contributed by atoms with Gasteiger partial charge in [0.25, 0.3) is 0 Å². The first-order valence-corrected chi connectivity index (χ1v) is 14.1. The molecule has 234 valence electrons. The van der Waals surface area contributed by atoms with E-state index in [2.05, 4.69) is 31.8 Å². The summed E-state index contributed by atoms with van der Waals surface area (Å²) in [5.74, 6) is -1.17. The van der Waals surface area contributed by atoms with Crippen molar-refractivity contribution in [3.05, 3.63) is 35.9 Å². The number of hydrogen-bond acceptors (Lipinski definition) is 7. The number of urea groups is 1. The lowest BCUT2D eigenvalue weighted by Crippen LogP contribution is -2.56. The van der Waals surface area contributed by atoms with E-state index in [0.29, 0.717) is 32.2 Å². The van der Waals surface area contributed by atoms with Gasteiger partial charge in [-0.3, -0.25) is 14.4 Å². The minimum atomic E-state index is -0.961. The van der Waals surface area contributed by atoms with Gasteiger partial charge in [-0.25, -0.2) is 15.0 Å². The number of hydrogen-bond donors (Lipinski definition) is 6. The highest BCUT2D eigenvalue weighted by Gasteiger charge is 2.28. The molecule has 6 amide bonds. The van der Waals surface area contributed by atoms with E-state index in [1.807, 2.05) is 44.2 Å². The number of carbonyl (C=O) groups is 5. The third-order valence-electron chi connectivity index (χ3n) is 5.68. The molecule has 0 unspecified atom stereocenters. The summed E-state index contributed by atoms with van der Waals surface area (Å²) in [7, 11) is 0. The van der Waals surface area contributed by atoms with Gasteiger partial charge in [0.1, 0.15) is 17.7 Å². The maximum atomic E-state index is 13.5. The van der Waals surface area contributed by atoms with E-state index in [0.717, 1.165) is 5.56 Å². The van der Waals surface area contributed by atoms with E-state index in [9.17, 15) is 24.0 Å². The van der Waals surface area contributed by atoms with E-state index in [1.165, 1.54) is 13.1 Å². The molecule has 0 radical (unpaired) electrons. The van der Waals surface area contributed by atoms with Crippen molar-refractivity contribution in [2.24, 2.45) is 16.8 Å². The van der Waals surface area contributed by atoms with E-state index < -0.39 is 47.7 Å². The summed E-state index contributed by atoms with van der Waals surface area (Å²) in [6.07, 6.45) is 3.02. The number of nitrogens with two attached hydrogens (primary N) is 1. The minimum Gasteiger partial charge on any atom is -0.444 e. The van der Waals surface area contributed by atoms with Gasteiger partial charge in [0.15, 0.2) is 0 Å². The second-order valence-corrected chi connectivity index (χ2v) is 11.4. The number of hydrazone groups is 1. The maximum absolute atomic E-state index is 13.5. The lowest BCUT2D eigenvalue weighted by molar-refractivity contribution is -0.132. The van der Waals surface area contributed by atoms with Crippen LogP contribution >= 0.6 is 0 Å². The SMILES string of the molecule is CC(=O)N[C@@H](CC(C)C)C(=O)N[C@@H](Cc1ccccc1)C(=O)N[C@H](/C=N/NC(N)=O)CCCCNC(=O)OC(C)(C)C. The molecule has 0 spiro atoms. The van der Waals surface area contributed by atoms with Crippen molar-refractivity contribution >= 4 is 36.1 Å². The van der Waals surface area contributed by atoms with Gasteiger partial charge < -0.3 is 31.7 Å².